The molecule has 0 aliphatic carbocycles. The van der Waals surface area contributed by atoms with Crippen LogP contribution in [0, 0.1) is 0 Å². The highest BCUT2D eigenvalue weighted by Gasteiger charge is 2.32. The van der Waals surface area contributed by atoms with Crippen LogP contribution in [-0.2, 0) is 12.7 Å². The van der Waals surface area contributed by atoms with Crippen molar-refractivity contribution in [3.05, 3.63) is 102 Å². The van der Waals surface area contributed by atoms with E-state index in [1.165, 1.54) is 12.1 Å². The molecule has 148 valence electrons. The minimum Gasteiger partial charge on any atom is -0.303 e. The van der Waals surface area contributed by atoms with Crippen molar-refractivity contribution in [1.29, 1.82) is 0 Å². The van der Waals surface area contributed by atoms with E-state index in [-0.39, 0.29) is 5.91 Å². The van der Waals surface area contributed by atoms with Gasteiger partial charge in [0, 0.05) is 10.9 Å². The average molecular weight is 403 g/mol. The van der Waals surface area contributed by atoms with E-state index >= 15 is 0 Å². The number of halogens is 3. The van der Waals surface area contributed by atoms with Gasteiger partial charge in [-0.15, -0.1) is 0 Å². The van der Waals surface area contributed by atoms with Crippen LogP contribution in [0.3, 0.4) is 0 Å². The molecule has 5 rings (SSSR count). The van der Waals surface area contributed by atoms with Crippen LogP contribution in [-0.4, -0.2) is 5.91 Å². The van der Waals surface area contributed by atoms with Crippen molar-refractivity contribution in [3.8, 4) is 11.1 Å². The molecule has 30 heavy (non-hydrogen) atoms. The van der Waals surface area contributed by atoms with Gasteiger partial charge in [-0.05, 0) is 46.3 Å². The molecule has 0 spiro atoms. The van der Waals surface area contributed by atoms with Gasteiger partial charge in [-0.2, -0.15) is 13.2 Å². The van der Waals surface area contributed by atoms with Gasteiger partial charge in [0.25, 0.3) is 5.91 Å². The Kier molecular flexibility index (Phi) is 4.13. The number of carbonyl (C=O) groups excluding carboxylic acids is 1. The summed E-state index contributed by atoms with van der Waals surface area (Å²) in [6.07, 6.45) is -4.37. The molecule has 4 aromatic rings. The Bertz CT molecular complexity index is 1260. The van der Waals surface area contributed by atoms with E-state index < -0.39 is 11.7 Å². The third-order valence-corrected chi connectivity index (χ3v) is 5.49. The first-order valence-corrected chi connectivity index (χ1v) is 9.52. The van der Waals surface area contributed by atoms with Gasteiger partial charge in [-0.25, -0.2) is 0 Å². The maximum absolute atomic E-state index is 13.1. The predicted molar refractivity (Wildman–Crippen MR) is 111 cm³/mol. The number of anilines is 1. The van der Waals surface area contributed by atoms with E-state index in [1.807, 2.05) is 54.6 Å². The summed E-state index contributed by atoms with van der Waals surface area (Å²) in [7, 11) is 0. The Morgan fingerprint density at radius 1 is 0.733 bits per heavy atom. The minimum absolute atomic E-state index is 0.0657. The van der Waals surface area contributed by atoms with Crippen LogP contribution in [0.2, 0.25) is 0 Å². The zero-order valence-electron chi connectivity index (χ0n) is 15.8. The first-order valence-electron chi connectivity index (χ1n) is 9.52. The Balaban J connectivity index is 1.61. The second-order valence-electron chi connectivity index (χ2n) is 7.31. The third kappa shape index (κ3) is 2.94. The summed E-state index contributed by atoms with van der Waals surface area (Å²) in [4.78, 5) is 14.8. The fourth-order valence-electron chi connectivity index (χ4n) is 4.06. The van der Waals surface area contributed by atoms with E-state index in [2.05, 4.69) is 0 Å². The lowest BCUT2D eigenvalue weighted by Gasteiger charge is -2.18. The van der Waals surface area contributed by atoms with Gasteiger partial charge in [0.05, 0.1) is 17.8 Å². The van der Waals surface area contributed by atoms with Crippen LogP contribution >= 0.6 is 0 Å². The first kappa shape index (κ1) is 18.4. The zero-order chi connectivity index (χ0) is 20.9. The highest BCUT2D eigenvalue weighted by atomic mass is 19.4. The Morgan fingerprint density at radius 3 is 2.17 bits per heavy atom. The standard InChI is InChI=1S/C25H16F3NO/c26-25(27,28)18-11-9-17(10-12-18)19-13-14-22-23-20(19)7-4-8-21(23)24(30)29(22)15-16-5-2-1-3-6-16/h1-14H,15H2. The lowest BCUT2D eigenvalue weighted by molar-refractivity contribution is -0.137. The number of hydrogen-bond donors (Lipinski definition) is 0. The highest BCUT2D eigenvalue weighted by Crippen LogP contribution is 2.42. The summed E-state index contributed by atoms with van der Waals surface area (Å²) in [5.74, 6) is -0.0657. The van der Waals surface area contributed by atoms with Gasteiger partial charge in [-0.3, -0.25) is 4.79 Å². The summed E-state index contributed by atoms with van der Waals surface area (Å²) < 4.78 is 38.7. The number of rotatable bonds is 3. The summed E-state index contributed by atoms with van der Waals surface area (Å²) in [6.45, 7) is 0.461. The minimum atomic E-state index is -4.37. The van der Waals surface area contributed by atoms with Crippen molar-refractivity contribution in [3.63, 3.8) is 0 Å². The molecule has 0 atom stereocenters. The average Bonchev–Trinajstić information content (AvgIpc) is 3.02. The van der Waals surface area contributed by atoms with Crippen LogP contribution < -0.4 is 4.90 Å². The molecule has 0 aromatic heterocycles. The number of hydrogen-bond acceptors (Lipinski definition) is 1. The maximum atomic E-state index is 13.1. The molecule has 0 saturated carbocycles. The fourth-order valence-corrected chi connectivity index (χ4v) is 4.06. The Labute approximate surface area is 171 Å². The van der Waals surface area contributed by atoms with E-state index in [4.69, 9.17) is 0 Å². The van der Waals surface area contributed by atoms with Gasteiger partial charge in [0.2, 0.25) is 0 Å². The highest BCUT2D eigenvalue weighted by molar-refractivity contribution is 6.26. The summed E-state index contributed by atoms with van der Waals surface area (Å²) in [5, 5.41) is 1.70. The van der Waals surface area contributed by atoms with Crippen molar-refractivity contribution in [2.24, 2.45) is 0 Å². The van der Waals surface area contributed by atoms with E-state index in [1.54, 1.807) is 11.0 Å². The van der Waals surface area contributed by atoms with Crippen LogP contribution in [0.25, 0.3) is 21.9 Å². The number of amides is 1. The summed E-state index contributed by atoms with van der Waals surface area (Å²) >= 11 is 0. The van der Waals surface area contributed by atoms with Crippen molar-refractivity contribution in [2.75, 3.05) is 4.90 Å². The Hall–Kier alpha value is -3.60. The van der Waals surface area contributed by atoms with Gasteiger partial charge in [0.15, 0.2) is 0 Å². The van der Waals surface area contributed by atoms with Crippen molar-refractivity contribution >= 4 is 22.4 Å². The molecule has 0 N–H and O–H groups in total. The molecule has 1 amide bonds. The molecule has 1 heterocycles. The number of nitrogens with zero attached hydrogens (tertiary/aromatic N) is 1. The topological polar surface area (TPSA) is 20.3 Å². The number of benzene rings is 4. The molecule has 5 heteroatoms. The monoisotopic (exact) mass is 403 g/mol. The fraction of sp³-hybridized carbons (Fsp3) is 0.0800. The molecule has 0 radical (unpaired) electrons. The molecule has 0 saturated heterocycles. The predicted octanol–water partition coefficient (Wildman–Crippen LogP) is 6.69. The SMILES string of the molecule is O=C1c2cccc3c(-c4ccc(C(F)(F)F)cc4)ccc(c23)N1Cc1ccccc1. The van der Waals surface area contributed by atoms with Crippen LogP contribution in [0.1, 0.15) is 21.5 Å². The van der Waals surface area contributed by atoms with E-state index in [0.29, 0.717) is 17.7 Å². The second-order valence-corrected chi connectivity index (χ2v) is 7.31. The second kappa shape index (κ2) is 6.73. The van der Waals surface area contributed by atoms with Gasteiger partial charge < -0.3 is 4.90 Å². The molecule has 0 bridgehead atoms. The van der Waals surface area contributed by atoms with Gasteiger partial charge in [-0.1, -0.05) is 60.7 Å². The zero-order valence-corrected chi connectivity index (χ0v) is 15.8. The molecular formula is C25H16F3NO. The lowest BCUT2D eigenvalue weighted by atomic mass is 9.95. The number of alkyl halides is 3. The van der Waals surface area contributed by atoms with Crippen LogP contribution in [0.5, 0.6) is 0 Å². The van der Waals surface area contributed by atoms with Crippen molar-refractivity contribution < 1.29 is 18.0 Å². The molecule has 4 aromatic carbocycles. The summed E-state index contributed by atoms with van der Waals surface area (Å²) in [5.41, 5.74) is 3.27. The van der Waals surface area contributed by atoms with E-state index in [0.717, 1.165) is 39.7 Å². The van der Waals surface area contributed by atoms with Gasteiger partial charge in [0.1, 0.15) is 0 Å². The Morgan fingerprint density at radius 2 is 1.47 bits per heavy atom. The number of carbonyl (C=O) groups is 1. The van der Waals surface area contributed by atoms with Crippen molar-refractivity contribution in [2.45, 2.75) is 12.7 Å². The smallest absolute Gasteiger partial charge is 0.303 e. The van der Waals surface area contributed by atoms with Gasteiger partial charge >= 0.3 is 6.18 Å². The quantitative estimate of drug-likeness (QED) is 0.373. The first-order chi connectivity index (χ1) is 14.4. The molecule has 1 aliphatic heterocycles. The van der Waals surface area contributed by atoms with Crippen LogP contribution in [0.15, 0.2) is 84.9 Å². The normalized spacial score (nSPS) is 13.3. The molecule has 0 fully saturated rings. The maximum Gasteiger partial charge on any atom is 0.416 e. The molecule has 1 aliphatic rings. The molecular weight excluding hydrogens is 387 g/mol. The lowest BCUT2D eigenvalue weighted by Crippen LogP contribution is -2.25. The third-order valence-electron chi connectivity index (χ3n) is 5.49. The van der Waals surface area contributed by atoms with E-state index in [9.17, 15) is 18.0 Å². The molecule has 0 unspecified atom stereocenters. The molecule has 2 nitrogen and oxygen atoms in total. The van der Waals surface area contributed by atoms with Crippen molar-refractivity contribution in [1.82, 2.24) is 0 Å². The summed E-state index contributed by atoms with van der Waals surface area (Å²) in [6, 6.07) is 24.2. The van der Waals surface area contributed by atoms with Crippen LogP contribution in [0.4, 0.5) is 18.9 Å². The largest absolute Gasteiger partial charge is 0.416 e.